The molecule has 1 aromatic carbocycles. The first kappa shape index (κ1) is 22.5. The summed E-state index contributed by atoms with van der Waals surface area (Å²) in [5, 5.41) is 17.7. The number of fused-ring (bicyclic) bond motifs is 1. The number of benzene rings is 1. The Balaban J connectivity index is 0.00000272. The summed E-state index contributed by atoms with van der Waals surface area (Å²) in [6, 6.07) is 11.9. The van der Waals surface area contributed by atoms with E-state index in [9.17, 15) is 0 Å². The summed E-state index contributed by atoms with van der Waals surface area (Å²) in [4.78, 5) is 13.2. The molecule has 0 saturated heterocycles. The molecule has 0 radical (unpaired) electrons. The number of nitrogens with one attached hydrogen (secondary N) is 1. The Kier molecular flexibility index (Phi) is 7.43. The second-order valence-corrected chi connectivity index (χ2v) is 7.04. The second-order valence-electron chi connectivity index (χ2n) is 7.04. The minimum Gasteiger partial charge on any atom is -0.496 e. The molecule has 0 fully saturated rings. The maximum atomic E-state index is 9.13. The van der Waals surface area contributed by atoms with Gasteiger partial charge in [0, 0.05) is 35.7 Å². The van der Waals surface area contributed by atoms with Crippen molar-refractivity contribution in [2.24, 2.45) is 0 Å². The van der Waals surface area contributed by atoms with E-state index in [2.05, 4.69) is 38.4 Å². The lowest BCUT2D eigenvalue weighted by Gasteiger charge is -2.16. The number of hydrogen-bond donors (Lipinski definition) is 2. The maximum Gasteiger partial charge on any atom is 0.157 e. The van der Waals surface area contributed by atoms with Crippen LogP contribution >= 0.6 is 13.5 Å². The lowest BCUT2D eigenvalue weighted by molar-refractivity contribution is 0.271. The molecule has 31 heavy (non-hydrogen) atoms. The molecule has 162 valence electrons. The van der Waals surface area contributed by atoms with Crippen molar-refractivity contribution in [2.45, 2.75) is 19.4 Å². The Morgan fingerprint density at radius 1 is 1.13 bits per heavy atom. The molecule has 0 saturated carbocycles. The highest BCUT2D eigenvalue weighted by molar-refractivity contribution is 7.59. The van der Waals surface area contributed by atoms with Gasteiger partial charge in [0.2, 0.25) is 0 Å². The van der Waals surface area contributed by atoms with Gasteiger partial charge in [-0.15, -0.1) is 0 Å². The van der Waals surface area contributed by atoms with Crippen LogP contribution in [0.15, 0.2) is 55.1 Å². The van der Waals surface area contributed by atoms with Gasteiger partial charge in [-0.25, -0.2) is 19.6 Å². The molecule has 1 atom stereocenters. The van der Waals surface area contributed by atoms with Crippen LogP contribution in [-0.2, 0) is 6.54 Å². The molecule has 9 heteroatoms. The van der Waals surface area contributed by atoms with Gasteiger partial charge < -0.3 is 15.2 Å². The number of ether oxygens (including phenoxy) is 1. The molecule has 0 aliphatic rings. The monoisotopic (exact) mass is 438 g/mol. The van der Waals surface area contributed by atoms with Crippen molar-refractivity contribution in [3.63, 3.8) is 0 Å². The van der Waals surface area contributed by atoms with Gasteiger partial charge in [-0.05, 0) is 17.7 Å². The molecule has 0 amide bonds. The number of aliphatic hydroxyl groups excluding tert-OH is 1. The van der Waals surface area contributed by atoms with Crippen LogP contribution in [0.4, 0.5) is 5.82 Å². The molecule has 3 aromatic heterocycles. The highest BCUT2D eigenvalue weighted by Crippen LogP contribution is 2.27. The standard InChI is InChI=1S/C22H24N6O2.H2S/c1-15(18-5-3-4-6-20(18)30-2)11-23-21-10-19(25-14-26-21)16-9-17-13-27-28(7-8-29)22(17)24-12-16;/h3-6,9-10,12-15,29H,7-8,11H2,1-2H3,(H,23,25,26);1H2/t15-;/m1./s1. The predicted molar refractivity (Wildman–Crippen MR) is 126 cm³/mol. The average molecular weight is 439 g/mol. The minimum absolute atomic E-state index is 0. The maximum absolute atomic E-state index is 9.13. The van der Waals surface area contributed by atoms with Crippen molar-refractivity contribution in [3.05, 3.63) is 60.7 Å². The number of rotatable bonds is 8. The SMILES string of the molecule is COc1ccccc1[C@H](C)CNc1cc(-c2cnc3c(cnn3CCO)c2)ncn1.S. The van der Waals surface area contributed by atoms with E-state index < -0.39 is 0 Å². The third-order valence-corrected chi connectivity index (χ3v) is 5.01. The number of nitrogens with zero attached hydrogens (tertiary/aromatic N) is 5. The Hall–Kier alpha value is -3.17. The van der Waals surface area contributed by atoms with Gasteiger partial charge in [-0.1, -0.05) is 25.1 Å². The smallest absolute Gasteiger partial charge is 0.157 e. The summed E-state index contributed by atoms with van der Waals surface area (Å²) < 4.78 is 7.15. The lowest BCUT2D eigenvalue weighted by atomic mass is 10.00. The molecule has 4 rings (SSSR count). The fourth-order valence-corrected chi connectivity index (χ4v) is 3.42. The second kappa shape index (κ2) is 10.2. The Morgan fingerprint density at radius 2 is 1.97 bits per heavy atom. The number of aliphatic hydroxyl groups is 1. The molecule has 0 unspecified atom stereocenters. The summed E-state index contributed by atoms with van der Waals surface area (Å²) in [6.45, 7) is 3.30. The normalized spacial score (nSPS) is 11.7. The molecular weight excluding hydrogens is 412 g/mol. The zero-order valence-electron chi connectivity index (χ0n) is 17.5. The Labute approximate surface area is 187 Å². The largest absolute Gasteiger partial charge is 0.496 e. The van der Waals surface area contributed by atoms with Gasteiger partial charge in [-0.3, -0.25) is 0 Å². The number of pyridine rings is 1. The van der Waals surface area contributed by atoms with E-state index in [-0.39, 0.29) is 26.0 Å². The molecule has 2 N–H and O–H groups in total. The molecule has 0 aliphatic heterocycles. The minimum atomic E-state index is 0. The van der Waals surface area contributed by atoms with Crippen LogP contribution in [0.2, 0.25) is 0 Å². The zero-order valence-corrected chi connectivity index (χ0v) is 18.5. The van der Waals surface area contributed by atoms with Crippen LogP contribution in [-0.4, -0.2) is 50.1 Å². The van der Waals surface area contributed by atoms with Gasteiger partial charge in [-0.2, -0.15) is 18.6 Å². The zero-order chi connectivity index (χ0) is 20.9. The number of hydrogen-bond acceptors (Lipinski definition) is 7. The molecule has 0 aliphatic carbocycles. The van der Waals surface area contributed by atoms with E-state index in [1.54, 1.807) is 30.5 Å². The highest BCUT2D eigenvalue weighted by atomic mass is 32.1. The van der Waals surface area contributed by atoms with Gasteiger partial charge in [0.25, 0.3) is 0 Å². The van der Waals surface area contributed by atoms with Gasteiger partial charge in [0.15, 0.2) is 5.65 Å². The van der Waals surface area contributed by atoms with E-state index >= 15 is 0 Å². The number of aromatic nitrogens is 5. The van der Waals surface area contributed by atoms with Gasteiger partial charge in [0.05, 0.1) is 32.2 Å². The molecule has 3 heterocycles. The van der Waals surface area contributed by atoms with Crippen molar-refractivity contribution < 1.29 is 9.84 Å². The van der Waals surface area contributed by atoms with Crippen LogP contribution in [0.3, 0.4) is 0 Å². The fourth-order valence-electron chi connectivity index (χ4n) is 3.42. The first-order valence-electron chi connectivity index (χ1n) is 9.81. The van der Waals surface area contributed by atoms with Crippen LogP contribution < -0.4 is 10.1 Å². The highest BCUT2D eigenvalue weighted by Gasteiger charge is 2.12. The summed E-state index contributed by atoms with van der Waals surface area (Å²) >= 11 is 0. The van der Waals surface area contributed by atoms with Crippen molar-refractivity contribution in [1.82, 2.24) is 24.7 Å². The first-order chi connectivity index (χ1) is 14.7. The summed E-state index contributed by atoms with van der Waals surface area (Å²) in [5.74, 6) is 1.88. The molecule has 4 aromatic rings. The Bertz CT molecular complexity index is 1150. The third kappa shape index (κ3) is 4.95. The fraction of sp³-hybridized carbons (Fsp3) is 0.273. The van der Waals surface area contributed by atoms with Gasteiger partial charge in [0.1, 0.15) is 17.9 Å². The predicted octanol–water partition coefficient (Wildman–Crippen LogP) is 3.22. The molecule has 0 spiro atoms. The van der Waals surface area contributed by atoms with E-state index in [0.29, 0.717) is 13.1 Å². The van der Waals surface area contributed by atoms with Crippen molar-refractivity contribution in [3.8, 4) is 17.0 Å². The lowest BCUT2D eigenvalue weighted by Crippen LogP contribution is -2.12. The van der Waals surface area contributed by atoms with Crippen LogP contribution in [0.5, 0.6) is 5.75 Å². The van der Waals surface area contributed by atoms with Crippen LogP contribution in [0, 0.1) is 0 Å². The number of methoxy groups -OCH3 is 1. The third-order valence-electron chi connectivity index (χ3n) is 5.01. The summed E-state index contributed by atoms with van der Waals surface area (Å²) in [7, 11) is 1.69. The number of para-hydroxylation sites is 1. The molecular formula is C22H26N6O2S. The molecule has 8 nitrogen and oxygen atoms in total. The van der Waals surface area contributed by atoms with Crippen molar-refractivity contribution >= 4 is 30.3 Å². The topological polar surface area (TPSA) is 98.0 Å². The van der Waals surface area contributed by atoms with Crippen molar-refractivity contribution in [2.75, 3.05) is 25.6 Å². The average Bonchev–Trinajstić information content (AvgIpc) is 3.20. The van der Waals surface area contributed by atoms with Crippen LogP contribution in [0.25, 0.3) is 22.3 Å². The first-order valence-corrected chi connectivity index (χ1v) is 9.81. The van der Waals surface area contributed by atoms with E-state index in [1.807, 2.05) is 30.3 Å². The number of anilines is 1. The Morgan fingerprint density at radius 3 is 2.77 bits per heavy atom. The van der Waals surface area contributed by atoms with E-state index in [1.165, 1.54) is 0 Å². The van der Waals surface area contributed by atoms with E-state index in [4.69, 9.17) is 9.84 Å². The molecule has 0 bridgehead atoms. The van der Waals surface area contributed by atoms with Crippen molar-refractivity contribution in [1.29, 1.82) is 0 Å². The van der Waals surface area contributed by atoms with Gasteiger partial charge >= 0.3 is 0 Å². The van der Waals surface area contributed by atoms with Crippen LogP contribution in [0.1, 0.15) is 18.4 Å². The van der Waals surface area contributed by atoms with E-state index in [0.717, 1.165) is 39.4 Å². The summed E-state index contributed by atoms with van der Waals surface area (Å²) in [6.07, 6.45) is 5.06. The summed E-state index contributed by atoms with van der Waals surface area (Å²) in [5.41, 5.74) is 3.55. The quantitative estimate of drug-likeness (QED) is 0.436.